The van der Waals surface area contributed by atoms with E-state index < -0.39 is 23.0 Å². The number of carbonyl (C=O) groups excluding carboxylic acids is 1. The second-order valence-electron chi connectivity index (χ2n) is 9.18. The van der Waals surface area contributed by atoms with Crippen molar-refractivity contribution < 1.29 is 27.1 Å². The van der Waals surface area contributed by atoms with E-state index in [0.29, 0.717) is 41.2 Å². The lowest BCUT2D eigenvalue weighted by molar-refractivity contribution is -0.137. The normalized spacial score (nSPS) is 13.5. The predicted octanol–water partition coefficient (Wildman–Crippen LogP) is 5.81. The van der Waals surface area contributed by atoms with Crippen molar-refractivity contribution in [1.82, 2.24) is 19.5 Å². The van der Waals surface area contributed by atoms with E-state index in [1.54, 1.807) is 26.1 Å². The number of hydrogen-bond donors (Lipinski definition) is 0. The van der Waals surface area contributed by atoms with Gasteiger partial charge in [0.05, 0.1) is 34.5 Å². The molecule has 0 fully saturated rings. The number of alkyl halides is 3. The van der Waals surface area contributed by atoms with E-state index >= 15 is 0 Å². The molecule has 2 aromatic carbocycles. The van der Waals surface area contributed by atoms with E-state index in [-0.39, 0.29) is 17.4 Å². The summed E-state index contributed by atoms with van der Waals surface area (Å²) in [6.45, 7) is 2.30. The molecule has 4 aromatic rings. The van der Waals surface area contributed by atoms with Crippen LogP contribution in [0.2, 0.25) is 5.02 Å². The molecule has 2 aromatic heterocycles. The summed E-state index contributed by atoms with van der Waals surface area (Å²) in [7, 11) is 3.16. The maximum atomic E-state index is 14.1. The Hall–Kier alpha value is -3.50. The Morgan fingerprint density at radius 1 is 1.13 bits per heavy atom. The lowest BCUT2D eigenvalue weighted by Gasteiger charge is -2.34. The van der Waals surface area contributed by atoms with Crippen LogP contribution in [-0.4, -0.2) is 52.7 Å². The minimum Gasteiger partial charge on any atom is -0.383 e. The summed E-state index contributed by atoms with van der Waals surface area (Å²) in [5, 5.41) is 4.59. The molecular weight excluding hydrogens is 524 g/mol. The first-order valence-electron chi connectivity index (χ1n) is 11.6. The highest BCUT2D eigenvalue weighted by Gasteiger charge is 2.42. The van der Waals surface area contributed by atoms with E-state index in [4.69, 9.17) is 16.3 Å². The van der Waals surface area contributed by atoms with Crippen molar-refractivity contribution in [3.05, 3.63) is 88.6 Å². The zero-order valence-electron chi connectivity index (χ0n) is 20.9. The molecular formula is C27H25ClF4N4O2. The van der Waals surface area contributed by atoms with Crippen LogP contribution in [0.4, 0.5) is 17.6 Å². The number of amides is 1. The van der Waals surface area contributed by atoms with Gasteiger partial charge in [0.1, 0.15) is 5.82 Å². The highest BCUT2D eigenvalue weighted by atomic mass is 35.5. The first-order valence-corrected chi connectivity index (χ1v) is 12.0. The van der Waals surface area contributed by atoms with Crippen LogP contribution in [0.25, 0.3) is 16.8 Å². The summed E-state index contributed by atoms with van der Waals surface area (Å²) < 4.78 is 59.8. The largest absolute Gasteiger partial charge is 0.416 e. The number of carbonyl (C=O) groups is 1. The lowest BCUT2D eigenvalue weighted by Crippen LogP contribution is -2.47. The van der Waals surface area contributed by atoms with Gasteiger partial charge in [-0.05, 0) is 48.7 Å². The molecule has 0 aliphatic carbocycles. The van der Waals surface area contributed by atoms with Gasteiger partial charge in [-0.1, -0.05) is 35.9 Å². The maximum absolute atomic E-state index is 14.1. The first kappa shape index (κ1) is 27.5. The highest BCUT2D eigenvalue weighted by molar-refractivity contribution is 6.31. The van der Waals surface area contributed by atoms with Crippen molar-refractivity contribution in [3.63, 3.8) is 0 Å². The fourth-order valence-corrected chi connectivity index (χ4v) is 4.85. The Bertz CT molecular complexity index is 1460. The number of benzene rings is 2. The van der Waals surface area contributed by atoms with Crippen molar-refractivity contribution in [2.75, 3.05) is 27.3 Å². The van der Waals surface area contributed by atoms with Gasteiger partial charge in [-0.25, -0.2) is 13.9 Å². The zero-order valence-corrected chi connectivity index (χ0v) is 21.6. The summed E-state index contributed by atoms with van der Waals surface area (Å²) >= 11 is 6.65. The van der Waals surface area contributed by atoms with E-state index in [1.165, 1.54) is 53.2 Å². The average molecular weight is 549 g/mol. The Morgan fingerprint density at radius 2 is 1.84 bits per heavy atom. The molecule has 2 heterocycles. The number of hydrogen-bond acceptors (Lipinski definition) is 4. The minimum absolute atomic E-state index is 0.0925. The molecule has 4 rings (SSSR count). The summed E-state index contributed by atoms with van der Waals surface area (Å²) in [4.78, 5) is 19.8. The molecule has 200 valence electrons. The van der Waals surface area contributed by atoms with Crippen LogP contribution in [0.15, 0.2) is 60.9 Å². The number of rotatable bonds is 8. The van der Waals surface area contributed by atoms with Crippen LogP contribution in [0.5, 0.6) is 0 Å². The Labute approximate surface area is 221 Å². The van der Waals surface area contributed by atoms with Crippen molar-refractivity contribution >= 4 is 23.2 Å². The molecule has 0 N–H and O–H groups in total. The summed E-state index contributed by atoms with van der Waals surface area (Å²) in [6.07, 6.45) is -1.53. The van der Waals surface area contributed by atoms with Crippen LogP contribution >= 0.6 is 11.6 Å². The van der Waals surface area contributed by atoms with E-state index in [2.05, 4.69) is 10.1 Å². The van der Waals surface area contributed by atoms with Crippen LogP contribution in [0.3, 0.4) is 0 Å². The number of nitrogens with zero attached hydrogens (tertiary/aromatic N) is 4. The van der Waals surface area contributed by atoms with Gasteiger partial charge < -0.3 is 9.64 Å². The molecule has 0 aliphatic rings. The van der Waals surface area contributed by atoms with Gasteiger partial charge in [0, 0.05) is 32.5 Å². The molecule has 0 aliphatic heterocycles. The quantitative estimate of drug-likeness (QED) is 0.261. The maximum Gasteiger partial charge on any atom is 0.416 e. The number of halogens is 5. The molecule has 1 atom stereocenters. The molecule has 0 radical (unpaired) electrons. The Morgan fingerprint density at radius 3 is 2.47 bits per heavy atom. The third kappa shape index (κ3) is 5.37. The van der Waals surface area contributed by atoms with E-state index in [0.717, 1.165) is 12.1 Å². The van der Waals surface area contributed by atoms with E-state index in [9.17, 15) is 22.4 Å². The van der Waals surface area contributed by atoms with Crippen molar-refractivity contribution in [2.24, 2.45) is 0 Å². The molecule has 0 saturated heterocycles. The zero-order chi connectivity index (χ0) is 27.7. The van der Waals surface area contributed by atoms with Crippen molar-refractivity contribution in [3.8, 4) is 11.1 Å². The summed E-state index contributed by atoms with van der Waals surface area (Å²) in [5.41, 5.74) is 0.0219. The van der Waals surface area contributed by atoms with Gasteiger partial charge in [-0.15, -0.1) is 0 Å². The second kappa shape index (κ2) is 10.7. The lowest BCUT2D eigenvalue weighted by atomic mass is 9.78. The fourth-order valence-electron chi connectivity index (χ4n) is 4.52. The molecule has 1 unspecified atom stereocenters. The Kier molecular flexibility index (Phi) is 7.75. The topological polar surface area (TPSA) is 59.7 Å². The SMILES string of the molecule is COCCN(C)C(=O)C(C)(Cc1cccc(F)c1)c1c(Cl)cnc2c(-c3ccc(C(F)(F)F)cc3)cnn12. The van der Waals surface area contributed by atoms with Gasteiger partial charge in [0.15, 0.2) is 5.65 Å². The van der Waals surface area contributed by atoms with Gasteiger partial charge in [-0.3, -0.25) is 4.79 Å². The monoisotopic (exact) mass is 548 g/mol. The molecule has 0 bridgehead atoms. The molecule has 38 heavy (non-hydrogen) atoms. The summed E-state index contributed by atoms with van der Waals surface area (Å²) in [5.74, 6) is -0.750. The Balaban J connectivity index is 1.87. The number of ether oxygens (including phenoxy) is 1. The van der Waals surface area contributed by atoms with Crippen LogP contribution < -0.4 is 0 Å². The number of methoxy groups -OCH3 is 1. The smallest absolute Gasteiger partial charge is 0.383 e. The molecule has 0 spiro atoms. The van der Waals surface area contributed by atoms with Crippen LogP contribution in [0, 0.1) is 5.82 Å². The third-order valence-electron chi connectivity index (χ3n) is 6.42. The second-order valence-corrected chi connectivity index (χ2v) is 9.59. The standard InChI is InChI=1S/C27H25ClF4N4O2/c1-26(25(37)35(2)11-12-38-3,14-17-5-4-6-20(29)13-17)23-22(28)16-33-24-21(15-34-36(23)24)18-7-9-19(10-8-18)27(30,31)32/h4-10,13,15-16H,11-12,14H2,1-3H3. The van der Waals surface area contributed by atoms with Gasteiger partial charge in [-0.2, -0.15) is 18.3 Å². The van der Waals surface area contributed by atoms with Crippen LogP contribution in [0.1, 0.15) is 23.7 Å². The molecule has 6 nitrogen and oxygen atoms in total. The van der Waals surface area contributed by atoms with E-state index in [1.807, 2.05) is 0 Å². The van der Waals surface area contributed by atoms with Gasteiger partial charge >= 0.3 is 6.18 Å². The average Bonchev–Trinajstić information content (AvgIpc) is 3.30. The number of likely N-dealkylation sites (N-methyl/N-ethyl adjacent to an activating group) is 1. The summed E-state index contributed by atoms with van der Waals surface area (Å²) in [6, 6.07) is 10.6. The number of aromatic nitrogens is 3. The van der Waals surface area contributed by atoms with Crippen molar-refractivity contribution in [1.29, 1.82) is 0 Å². The van der Waals surface area contributed by atoms with Crippen molar-refractivity contribution in [2.45, 2.75) is 24.9 Å². The van der Waals surface area contributed by atoms with Gasteiger partial charge in [0.25, 0.3) is 0 Å². The minimum atomic E-state index is -4.47. The fraction of sp³-hybridized carbons (Fsp3) is 0.296. The van der Waals surface area contributed by atoms with Crippen LogP contribution in [-0.2, 0) is 27.5 Å². The first-order chi connectivity index (χ1) is 18.0. The van der Waals surface area contributed by atoms with Gasteiger partial charge in [0.2, 0.25) is 5.91 Å². The molecule has 0 saturated carbocycles. The molecule has 11 heteroatoms. The predicted molar refractivity (Wildman–Crippen MR) is 135 cm³/mol. The molecule has 1 amide bonds. The highest BCUT2D eigenvalue weighted by Crippen LogP contribution is 2.37. The third-order valence-corrected chi connectivity index (χ3v) is 6.70. The number of fused-ring (bicyclic) bond motifs is 1.